The summed E-state index contributed by atoms with van der Waals surface area (Å²) < 4.78 is 12.0. The summed E-state index contributed by atoms with van der Waals surface area (Å²) in [5.74, 6) is 0.563. The second-order valence-electron chi connectivity index (χ2n) is 8.67. The van der Waals surface area contributed by atoms with Gasteiger partial charge < -0.3 is 14.8 Å². The molecule has 0 unspecified atom stereocenters. The van der Waals surface area contributed by atoms with Crippen LogP contribution in [0.15, 0.2) is 91.0 Å². The fraction of sp³-hybridized carbons (Fsp3) is 0.125. The summed E-state index contributed by atoms with van der Waals surface area (Å²) in [6, 6.07) is 25.1. The number of halogens is 1. The minimum atomic E-state index is -0.529. The smallest absolute Gasteiger partial charge is 0.266 e. The Bertz CT molecular complexity index is 1580. The molecular formula is C32H27ClN2O3. The highest BCUT2D eigenvalue weighted by atomic mass is 35.5. The van der Waals surface area contributed by atoms with Crippen LogP contribution in [-0.4, -0.2) is 13.0 Å². The molecule has 190 valence electrons. The van der Waals surface area contributed by atoms with Crippen LogP contribution < -0.4 is 14.8 Å². The Morgan fingerprint density at radius 1 is 1.08 bits per heavy atom. The molecule has 38 heavy (non-hydrogen) atoms. The largest absolute Gasteiger partial charge is 0.493 e. The maximum Gasteiger partial charge on any atom is 0.266 e. The Hall–Kier alpha value is -4.53. The van der Waals surface area contributed by atoms with Gasteiger partial charge in [-0.25, -0.2) is 0 Å². The number of methoxy groups -OCH3 is 1. The number of ether oxygens (including phenoxy) is 2. The quantitative estimate of drug-likeness (QED) is 0.139. The molecule has 0 fully saturated rings. The van der Waals surface area contributed by atoms with E-state index in [0.717, 1.165) is 27.5 Å². The summed E-state index contributed by atoms with van der Waals surface area (Å²) in [5.41, 5.74) is 3.73. The predicted molar refractivity (Wildman–Crippen MR) is 154 cm³/mol. The number of hydrogen-bond acceptors (Lipinski definition) is 4. The fourth-order valence-electron chi connectivity index (χ4n) is 4.21. The number of allylic oxidation sites excluding steroid dienone is 1. The molecule has 1 amide bonds. The van der Waals surface area contributed by atoms with E-state index in [0.29, 0.717) is 40.8 Å². The minimum absolute atomic E-state index is 0.0552. The Balaban J connectivity index is 1.64. The van der Waals surface area contributed by atoms with E-state index in [-0.39, 0.29) is 5.57 Å². The third-order valence-electron chi connectivity index (χ3n) is 6.18. The van der Waals surface area contributed by atoms with E-state index in [1.165, 1.54) is 6.08 Å². The van der Waals surface area contributed by atoms with Crippen molar-refractivity contribution >= 4 is 40.0 Å². The van der Waals surface area contributed by atoms with Gasteiger partial charge in [0.05, 0.1) is 7.11 Å². The Morgan fingerprint density at radius 3 is 2.61 bits per heavy atom. The van der Waals surface area contributed by atoms with Gasteiger partial charge in [-0.1, -0.05) is 66.2 Å². The van der Waals surface area contributed by atoms with E-state index < -0.39 is 5.91 Å². The Kier molecular flexibility index (Phi) is 8.47. The van der Waals surface area contributed by atoms with Crippen LogP contribution in [0, 0.1) is 18.3 Å². The number of amides is 1. The lowest BCUT2D eigenvalue weighted by atomic mass is 10.0. The van der Waals surface area contributed by atoms with Crippen LogP contribution in [0.25, 0.3) is 16.8 Å². The third kappa shape index (κ3) is 5.88. The van der Waals surface area contributed by atoms with Crippen molar-refractivity contribution in [2.24, 2.45) is 0 Å². The Labute approximate surface area is 227 Å². The van der Waals surface area contributed by atoms with Gasteiger partial charge in [-0.2, -0.15) is 5.26 Å². The molecule has 1 N–H and O–H groups in total. The summed E-state index contributed by atoms with van der Waals surface area (Å²) >= 11 is 6.16. The van der Waals surface area contributed by atoms with Crippen molar-refractivity contribution in [1.82, 2.24) is 0 Å². The molecule has 0 aliphatic heterocycles. The fourth-order valence-corrected chi connectivity index (χ4v) is 4.38. The van der Waals surface area contributed by atoms with Crippen LogP contribution in [0.5, 0.6) is 11.5 Å². The summed E-state index contributed by atoms with van der Waals surface area (Å²) in [5, 5.41) is 15.3. The van der Waals surface area contributed by atoms with E-state index in [1.54, 1.807) is 44.4 Å². The number of benzene rings is 4. The SMILES string of the molecule is C=CCc1cc(/C=C(\C#N)C(=O)Nc2cccc(Cl)c2C)cc(OC)c1OCc1cccc2ccccc12. The number of nitriles is 1. The van der Waals surface area contributed by atoms with Crippen molar-refractivity contribution in [1.29, 1.82) is 5.26 Å². The van der Waals surface area contributed by atoms with Gasteiger partial charge in [0, 0.05) is 16.3 Å². The van der Waals surface area contributed by atoms with Crippen LogP contribution in [-0.2, 0) is 17.8 Å². The topological polar surface area (TPSA) is 71.4 Å². The molecular weight excluding hydrogens is 496 g/mol. The first-order chi connectivity index (χ1) is 18.4. The van der Waals surface area contributed by atoms with Crippen molar-refractivity contribution in [3.63, 3.8) is 0 Å². The summed E-state index contributed by atoms with van der Waals surface area (Å²) in [7, 11) is 1.56. The molecule has 0 spiro atoms. The molecule has 0 saturated heterocycles. The number of rotatable bonds is 9. The molecule has 0 atom stereocenters. The van der Waals surface area contributed by atoms with Crippen LogP contribution in [0.1, 0.15) is 22.3 Å². The Morgan fingerprint density at radius 2 is 1.84 bits per heavy atom. The second kappa shape index (κ2) is 12.1. The maximum absolute atomic E-state index is 12.9. The summed E-state index contributed by atoms with van der Waals surface area (Å²) in [6.07, 6.45) is 3.81. The number of fused-ring (bicyclic) bond motifs is 1. The van der Waals surface area contributed by atoms with Crippen molar-refractivity contribution in [2.45, 2.75) is 20.0 Å². The van der Waals surface area contributed by atoms with Gasteiger partial charge in [0.2, 0.25) is 0 Å². The highest BCUT2D eigenvalue weighted by molar-refractivity contribution is 6.31. The van der Waals surface area contributed by atoms with E-state index >= 15 is 0 Å². The molecule has 0 bridgehead atoms. The molecule has 4 aromatic rings. The summed E-state index contributed by atoms with van der Waals surface area (Å²) in [6.45, 7) is 6.02. The average molecular weight is 523 g/mol. The predicted octanol–water partition coefficient (Wildman–Crippen LogP) is 7.66. The zero-order valence-electron chi connectivity index (χ0n) is 21.3. The lowest BCUT2D eigenvalue weighted by Crippen LogP contribution is -2.14. The van der Waals surface area contributed by atoms with Gasteiger partial charge in [-0.05, 0) is 71.1 Å². The number of carbonyl (C=O) groups excluding carboxylic acids is 1. The standard InChI is InChI=1S/C32H27ClN2O3/c1-4-9-24-16-22(17-26(19-34)32(36)35-29-15-8-14-28(33)21(29)2)18-30(37-3)31(24)38-20-25-12-7-11-23-10-5-6-13-27(23)25/h4-8,10-18H,1,9,20H2,2-3H3,(H,35,36)/b26-17+. The first-order valence-corrected chi connectivity index (χ1v) is 12.4. The minimum Gasteiger partial charge on any atom is -0.493 e. The number of anilines is 1. The molecule has 0 aromatic heterocycles. The van der Waals surface area contributed by atoms with Gasteiger partial charge >= 0.3 is 0 Å². The molecule has 0 radical (unpaired) electrons. The monoisotopic (exact) mass is 522 g/mol. The van der Waals surface area contributed by atoms with Crippen molar-refractivity contribution in [2.75, 3.05) is 12.4 Å². The first kappa shape index (κ1) is 26.5. The average Bonchev–Trinajstić information content (AvgIpc) is 2.93. The highest BCUT2D eigenvalue weighted by Gasteiger charge is 2.16. The molecule has 5 nitrogen and oxygen atoms in total. The first-order valence-electron chi connectivity index (χ1n) is 12.0. The molecule has 0 heterocycles. The molecule has 6 heteroatoms. The molecule has 0 aliphatic rings. The zero-order valence-corrected chi connectivity index (χ0v) is 22.0. The number of carbonyl (C=O) groups is 1. The molecule has 0 saturated carbocycles. The highest BCUT2D eigenvalue weighted by Crippen LogP contribution is 2.35. The van der Waals surface area contributed by atoms with Gasteiger partial charge in [0.15, 0.2) is 11.5 Å². The van der Waals surface area contributed by atoms with E-state index in [2.05, 4.69) is 30.1 Å². The zero-order chi connectivity index (χ0) is 27.1. The van der Waals surface area contributed by atoms with Crippen molar-refractivity contribution in [3.05, 3.63) is 118 Å². The maximum atomic E-state index is 12.9. The van der Waals surface area contributed by atoms with Gasteiger partial charge in [0.1, 0.15) is 18.2 Å². The van der Waals surface area contributed by atoms with Gasteiger partial charge in [-0.3, -0.25) is 4.79 Å². The lowest BCUT2D eigenvalue weighted by molar-refractivity contribution is -0.112. The van der Waals surface area contributed by atoms with E-state index in [9.17, 15) is 10.1 Å². The normalized spacial score (nSPS) is 11.1. The molecule has 0 aliphatic carbocycles. The van der Waals surface area contributed by atoms with Crippen LogP contribution in [0.2, 0.25) is 5.02 Å². The molecule has 4 aromatic carbocycles. The van der Waals surface area contributed by atoms with Crippen molar-refractivity contribution in [3.8, 4) is 17.6 Å². The molecule has 4 rings (SSSR count). The number of nitrogens with zero attached hydrogens (tertiary/aromatic N) is 1. The van der Waals surface area contributed by atoms with Gasteiger partial charge in [0.25, 0.3) is 5.91 Å². The van der Waals surface area contributed by atoms with Crippen LogP contribution in [0.4, 0.5) is 5.69 Å². The second-order valence-corrected chi connectivity index (χ2v) is 9.07. The van der Waals surface area contributed by atoms with Crippen LogP contribution >= 0.6 is 11.6 Å². The summed E-state index contributed by atoms with van der Waals surface area (Å²) in [4.78, 5) is 12.9. The number of hydrogen-bond donors (Lipinski definition) is 1. The third-order valence-corrected chi connectivity index (χ3v) is 6.59. The van der Waals surface area contributed by atoms with Crippen molar-refractivity contribution < 1.29 is 14.3 Å². The van der Waals surface area contributed by atoms with E-state index in [1.807, 2.05) is 36.4 Å². The van der Waals surface area contributed by atoms with Gasteiger partial charge in [-0.15, -0.1) is 6.58 Å². The van der Waals surface area contributed by atoms with Crippen LogP contribution in [0.3, 0.4) is 0 Å². The number of nitrogens with one attached hydrogen (secondary N) is 1. The van der Waals surface area contributed by atoms with E-state index in [4.69, 9.17) is 21.1 Å². The lowest BCUT2D eigenvalue weighted by Gasteiger charge is -2.17.